The number of amides is 2. The van der Waals surface area contributed by atoms with Gasteiger partial charge in [0.1, 0.15) is 11.6 Å². The van der Waals surface area contributed by atoms with Gasteiger partial charge in [-0.05, 0) is 12.4 Å². The number of nitrogens with two attached hydrogens (primary N) is 2. The third kappa shape index (κ3) is 4.66. The quantitative estimate of drug-likeness (QED) is 0.267. The number of ether oxygens (including phenoxy) is 1. The van der Waals surface area contributed by atoms with E-state index in [0.717, 1.165) is 25.3 Å². The van der Waals surface area contributed by atoms with Gasteiger partial charge in [-0.1, -0.05) is 6.07 Å². The van der Waals surface area contributed by atoms with E-state index in [1.807, 2.05) is 0 Å². The molecule has 0 bridgehead atoms. The standard InChI is InChI=1S/C13H16N4O6/c1-23-10(18)6-5-8(12(15)19)16-13(20)11-7(14)3-2-4-9(11)17(21)22/h2-4,8H,5-6,14H2,1H3,(H2,15,19)(H,16,20)/t8-/m0/s1/i5D2,6D2,8D. The Morgan fingerprint density at radius 2 is 2.17 bits per heavy atom. The summed E-state index contributed by atoms with van der Waals surface area (Å²) in [5.74, 6) is -5.21. The molecule has 5 N–H and O–H groups in total. The molecule has 1 atom stereocenters. The second kappa shape index (κ2) is 7.73. The number of hydrogen-bond donors (Lipinski definition) is 3. The zero-order chi connectivity index (χ0) is 22.1. The number of carbonyl (C=O) groups excluding carboxylic acids is 3. The van der Waals surface area contributed by atoms with Crippen LogP contribution in [0.2, 0.25) is 0 Å². The third-order valence-corrected chi connectivity index (χ3v) is 2.46. The van der Waals surface area contributed by atoms with Crippen molar-refractivity contribution < 1.29 is 30.9 Å². The van der Waals surface area contributed by atoms with E-state index in [9.17, 15) is 24.5 Å². The van der Waals surface area contributed by atoms with Crippen molar-refractivity contribution in [1.29, 1.82) is 0 Å². The van der Waals surface area contributed by atoms with Crippen molar-refractivity contribution in [3.8, 4) is 0 Å². The molecule has 10 heteroatoms. The monoisotopic (exact) mass is 329 g/mol. The number of anilines is 1. The average molecular weight is 329 g/mol. The van der Waals surface area contributed by atoms with Gasteiger partial charge in [-0.2, -0.15) is 0 Å². The summed E-state index contributed by atoms with van der Waals surface area (Å²) < 4.78 is 42.9. The predicted molar refractivity (Wildman–Crippen MR) is 79.2 cm³/mol. The normalized spacial score (nSPS) is 17.2. The highest BCUT2D eigenvalue weighted by Gasteiger charge is 2.27. The zero-order valence-corrected chi connectivity index (χ0v) is 11.8. The van der Waals surface area contributed by atoms with E-state index in [1.54, 1.807) is 0 Å². The minimum atomic E-state index is -3.76. The van der Waals surface area contributed by atoms with Crippen molar-refractivity contribution in [1.82, 2.24) is 5.32 Å². The maximum Gasteiger partial charge on any atom is 0.305 e. The van der Waals surface area contributed by atoms with Crippen molar-refractivity contribution in [2.45, 2.75) is 18.8 Å². The van der Waals surface area contributed by atoms with Crippen molar-refractivity contribution in [3.63, 3.8) is 0 Å². The predicted octanol–water partition coefficient (Wildman–Crippen LogP) is -0.286. The summed E-state index contributed by atoms with van der Waals surface area (Å²) in [6, 6.07) is -0.428. The molecule has 0 saturated carbocycles. The summed E-state index contributed by atoms with van der Waals surface area (Å²) in [6.45, 7) is 0. The number of nitrogens with zero attached hydrogens (tertiary/aromatic N) is 1. The van der Waals surface area contributed by atoms with Gasteiger partial charge in [-0.15, -0.1) is 0 Å². The number of nitro benzene ring substituents is 1. The Morgan fingerprint density at radius 1 is 1.52 bits per heavy atom. The fourth-order valence-electron chi connectivity index (χ4n) is 1.45. The highest BCUT2D eigenvalue weighted by Crippen LogP contribution is 2.24. The van der Waals surface area contributed by atoms with Crippen molar-refractivity contribution >= 4 is 29.2 Å². The molecule has 124 valence electrons. The van der Waals surface area contributed by atoms with Crippen LogP contribution in [0.5, 0.6) is 0 Å². The zero-order valence-electron chi connectivity index (χ0n) is 16.8. The maximum absolute atomic E-state index is 12.5. The van der Waals surface area contributed by atoms with Gasteiger partial charge in [0, 0.05) is 17.9 Å². The molecule has 1 rings (SSSR count). The van der Waals surface area contributed by atoms with Crippen LogP contribution < -0.4 is 16.8 Å². The number of primary amides is 1. The van der Waals surface area contributed by atoms with E-state index in [1.165, 1.54) is 5.32 Å². The molecule has 0 heterocycles. The van der Waals surface area contributed by atoms with Crippen LogP contribution in [-0.2, 0) is 14.3 Å². The molecule has 1 aromatic rings. The number of methoxy groups -OCH3 is 1. The summed E-state index contributed by atoms with van der Waals surface area (Å²) in [4.78, 5) is 46.0. The SMILES string of the molecule is [2H]C([2H])(C(=O)OC)C([2H])([2H])[C@]([2H])(NC(=O)c1c(N)cccc1[N+](=O)[O-])C(N)=O. The molecule has 0 fully saturated rings. The minimum absolute atomic E-state index is 0.435. The number of nitrogen functional groups attached to an aromatic ring is 1. The molecule has 0 spiro atoms. The Balaban J connectivity index is 3.54. The van der Waals surface area contributed by atoms with Gasteiger partial charge in [-0.25, -0.2) is 0 Å². The van der Waals surface area contributed by atoms with Gasteiger partial charge < -0.3 is 21.5 Å². The molecule has 10 nitrogen and oxygen atoms in total. The second-order valence-electron chi connectivity index (χ2n) is 3.93. The van der Waals surface area contributed by atoms with Crippen molar-refractivity contribution in [2.24, 2.45) is 5.73 Å². The summed E-state index contributed by atoms with van der Waals surface area (Å²) in [5, 5.41) is 12.6. The van der Waals surface area contributed by atoms with E-state index in [-0.39, 0.29) is 0 Å². The van der Waals surface area contributed by atoms with Gasteiger partial charge in [0.25, 0.3) is 11.6 Å². The molecule has 1 aromatic carbocycles. The summed E-state index contributed by atoms with van der Waals surface area (Å²) in [5.41, 5.74) is 8.47. The van der Waals surface area contributed by atoms with Crippen LogP contribution in [0.3, 0.4) is 0 Å². The minimum Gasteiger partial charge on any atom is -0.469 e. The van der Waals surface area contributed by atoms with E-state index in [0.29, 0.717) is 0 Å². The fraction of sp³-hybridized carbons (Fsp3) is 0.308. The van der Waals surface area contributed by atoms with Gasteiger partial charge in [0.15, 0.2) is 0 Å². The topological polar surface area (TPSA) is 168 Å². The molecule has 0 radical (unpaired) electrons. The summed E-state index contributed by atoms with van der Waals surface area (Å²) >= 11 is 0. The first-order valence-corrected chi connectivity index (χ1v) is 5.88. The lowest BCUT2D eigenvalue weighted by atomic mass is 10.1. The fourth-order valence-corrected chi connectivity index (χ4v) is 1.45. The largest absolute Gasteiger partial charge is 0.469 e. The van der Waals surface area contributed by atoms with Crippen molar-refractivity contribution in [3.05, 3.63) is 33.9 Å². The van der Waals surface area contributed by atoms with Crippen molar-refractivity contribution in [2.75, 3.05) is 12.8 Å². The smallest absolute Gasteiger partial charge is 0.305 e. The van der Waals surface area contributed by atoms with Gasteiger partial charge >= 0.3 is 5.97 Å². The molecule has 0 unspecified atom stereocenters. The lowest BCUT2D eigenvalue weighted by Crippen LogP contribution is -2.45. The first-order chi connectivity index (χ1) is 12.6. The molecule has 0 saturated heterocycles. The first-order valence-electron chi connectivity index (χ1n) is 8.38. The Morgan fingerprint density at radius 3 is 2.70 bits per heavy atom. The summed E-state index contributed by atoms with van der Waals surface area (Å²) in [6.07, 6.45) is -7.37. The van der Waals surface area contributed by atoms with E-state index < -0.39 is 58.4 Å². The van der Waals surface area contributed by atoms with E-state index >= 15 is 0 Å². The number of esters is 1. The van der Waals surface area contributed by atoms with Crippen LogP contribution in [0.25, 0.3) is 0 Å². The van der Waals surface area contributed by atoms with Crippen LogP contribution in [0.1, 0.15) is 30.0 Å². The highest BCUT2D eigenvalue weighted by molar-refractivity contribution is 6.04. The lowest BCUT2D eigenvalue weighted by molar-refractivity contribution is -0.385. The Labute approximate surface area is 137 Å². The lowest BCUT2D eigenvalue weighted by Gasteiger charge is -2.15. The van der Waals surface area contributed by atoms with Crippen LogP contribution >= 0.6 is 0 Å². The number of rotatable bonds is 7. The molecular weight excluding hydrogens is 308 g/mol. The van der Waals surface area contributed by atoms with Crippen LogP contribution in [0.4, 0.5) is 11.4 Å². The Bertz CT molecular complexity index is 849. The van der Waals surface area contributed by atoms with Gasteiger partial charge in [-0.3, -0.25) is 24.5 Å². The number of carbonyl (C=O) groups is 3. The van der Waals surface area contributed by atoms with E-state index in [4.69, 9.17) is 18.3 Å². The molecular formula is C13H16N4O6. The van der Waals surface area contributed by atoms with Gasteiger partial charge in [0.05, 0.1) is 19.1 Å². The molecule has 0 aliphatic heterocycles. The molecule has 2 amide bonds. The first kappa shape index (κ1) is 11.4. The molecule has 23 heavy (non-hydrogen) atoms. The molecule has 0 aliphatic rings. The summed E-state index contributed by atoms with van der Waals surface area (Å²) in [7, 11) is 0.735. The average Bonchev–Trinajstić information content (AvgIpc) is 2.59. The van der Waals surface area contributed by atoms with Crippen LogP contribution in [0, 0.1) is 10.1 Å². The Hall–Kier alpha value is -3.17. The third-order valence-electron chi connectivity index (χ3n) is 2.46. The number of nitrogens with one attached hydrogen (secondary N) is 1. The highest BCUT2D eigenvalue weighted by atomic mass is 16.6. The number of hydrogen-bond acceptors (Lipinski definition) is 7. The van der Waals surface area contributed by atoms with Crippen LogP contribution in [-0.4, -0.2) is 35.8 Å². The Kier molecular flexibility index (Phi) is 3.83. The maximum atomic E-state index is 12.5. The molecule has 0 aromatic heterocycles. The molecule has 0 aliphatic carbocycles. The van der Waals surface area contributed by atoms with Gasteiger partial charge in [0.2, 0.25) is 5.91 Å². The number of nitro groups is 1. The van der Waals surface area contributed by atoms with Crippen LogP contribution in [0.15, 0.2) is 18.2 Å². The second-order valence-corrected chi connectivity index (χ2v) is 3.93. The number of benzene rings is 1. The van der Waals surface area contributed by atoms with E-state index in [2.05, 4.69) is 4.74 Å².